The number of nitrogens with zero attached hydrogens (tertiary/aromatic N) is 3. The molecule has 0 saturated heterocycles. The van der Waals surface area contributed by atoms with Gasteiger partial charge in [-0.2, -0.15) is 0 Å². The number of hydrogen-bond acceptors (Lipinski definition) is 4. The van der Waals surface area contributed by atoms with Crippen LogP contribution < -0.4 is 10.9 Å². The molecule has 4 rings (SSSR count). The summed E-state index contributed by atoms with van der Waals surface area (Å²) in [5.74, 6) is 0.0571. The molecule has 0 unspecified atom stereocenters. The van der Waals surface area contributed by atoms with Gasteiger partial charge in [0.2, 0.25) is 5.91 Å². The second kappa shape index (κ2) is 10.1. The van der Waals surface area contributed by atoms with E-state index in [1.165, 1.54) is 4.57 Å². The van der Waals surface area contributed by atoms with Crippen molar-refractivity contribution in [2.75, 3.05) is 13.1 Å². The van der Waals surface area contributed by atoms with Crippen LogP contribution in [0.3, 0.4) is 0 Å². The zero-order valence-corrected chi connectivity index (χ0v) is 19.2. The topological polar surface area (TPSA) is 84.3 Å². The highest BCUT2D eigenvalue weighted by atomic mass is 16.2. The van der Waals surface area contributed by atoms with Crippen LogP contribution in [0.5, 0.6) is 0 Å². The molecular formula is C27H26N4O3. The van der Waals surface area contributed by atoms with Crippen molar-refractivity contribution in [2.24, 2.45) is 0 Å². The molecule has 0 spiro atoms. The van der Waals surface area contributed by atoms with Crippen LogP contribution in [0.2, 0.25) is 0 Å². The number of carbonyl (C=O) groups is 2. The first-order valence-electron chi connectivity index (χ1n) is 11.2. The van der Waals surface area contributed by atoms with Crippen LogP contribution in [0.15, 0.2) is 83.7 Å². The Morgan fingerprint density at radius 2 is 1.62 bits per heavy atom. The Balaban J connectivity index is 1.44. The summed E-state index contributed by atoms with van der Waals surface area (Å²) in [6, 6.07) is 23.6. The second-order valence-corrected chi connectivity index (χ2v) is 7.94. The van der Waals surface area contributed by atoms with Gasteiger partial charge in [-0.05, 0) is 55.8 Å². The summed E-state index contributed by atoms with van der Waals surface area (Å²) in [6.07, 6.45) is 0. The molecule has 2 amide bonds. The third-order valence-electron chi connectivity index (χ3n) is 5.68. The Hall–Kier alpha value is -4.26. The van der Waals surface area contributed by atoms with Gasteiger partial charge in [0.05, 0.1) is 23.1 Å². The molecule has 0 aliphatic carbocycles. The Kier molecular flexibility index (Phi) is 6.82. The number of nitrogens with one attached hydrogen (secondary N) is 1. The molecule has 1 aromatic heterocycles. The van der Waals surface area contributed by atoms with Gasteiger partial charge in [0.1, 0.15) is 5.82 Å². The molecule has 1 heterocycles. The van der Waals surface area contributed by atoms with E-state index in [9.17, 15) is 14.4 Å². The number of carbonyl (C=O) groups excluding carboxylic acids is 2. The van der Waals surface area contributed by atoms with E-state index in [4.69, 9.17) is 0 Å². The van der Waals surface area contributed by atoms with Gasteiger partial charge in [0, 0.05) is 18.7 Å². The zero-order valence-electron chi connectivity index (χ0n) is 19.2. The van der Waals surface area contributed by atoms with Crippen molar-refractivity contribution < 1.29 is 9.59 Å². The van der Waals surface area contributed by atoms with Crippen molar-refractivity contribution in [3.05, 3.63) is 106 Å². The van der Waals surface area contributed by atoms with Gasteiger partial charge in [-0.25, -0.2) is 4.98 Å². The largest absolute Gasteiger partial charge is 0.343 e. The Morgan fingerprint density at radius 1 is 0.941 bits per heavy atom. The van der Waals surface area contributed by atoms with E-state index in [0.29, 0.717) is 41.1 Å². The number of amides is 2. The summed E-state index contributed by atoms with van der Waals surface area (Å²) < 4.78 is 1.52. The summed E-state index contributed by atoms with van der Waals surface area (Å²) in [7, 11) is 0. The van der Waals surface area contributed by atoms with Crippen LogP contribution in [-0.4, -0.2) is 39.4 Å². The second-order valence-electron chi connectivity index (χ2n) is 7.94. The molecule has 0 fully saturated rings. The van der Waals surface area contributed by atoms with E-state index in [1.54, 1.807) is 48.2 Å². The monoisotopic (exact) mass is 454 g/mol. The molecule has 0 bridgehead atoms. The third-order valence-corrected chi connectivity index (χ3v) is 5.68. The van der Waals surface area contributed by atoms with Crippen molar-refractivity contribution in [2.45, 2.75) is 20.4 Å². The number of aromatic nitrogens is 2. The molecule has 7 nitrogen and oxygen atoms in total. The molecule has 0 radical (unpaired) electrons. The number of hydrogen-bond donors (Lipinski definition) is 1. The van der Waals surface area contributed by atoms with Gasteiger partial charge >= 0.3 is 0 Å². The molecule has 1 N–H and O–H groups in total. The van der Waals surface area contributed by atoms with Crippen LogP contribution in [0, 0.1) is 6.92 Å². The minimum Gasteiger partial charge on any atom is -0.343 e. The average Bonchev–Trinajstić information content (AvgIpc) is 2.86. The van der Waals surface area contributed by atoms with Crippen molar-refractivity contribution in [3.8, 4) is 5.69 Å². The molecule has 0 aliphatic heterocycles. The summed E-state index contributed by atoms with van der Waals surface area (Å²) in [5.41, 5.74) is 2.54. The predicted molar refractivity (Wildman–Crippen MR) is 132 cm³/mol. The Morgan fingerprint density at radius 3 is 2.32 bits per heavy atom. The quantitative estimate of drug-likeness (QED) is 0.463. The molecule has 3 aromatic carbocycles. The van der Waals surface area contributed by atoms with Gasteiger partial charge in [-0.15, -0.1) is 0 Å². The van der Waals surface area contributed by atoms with Crippen LogP contribution in [0.25, 0.3) is 16.6 Å². The fourth-order valence-electron chi connectivity index (χ4n) is 3.86. The maximum Gasteiger partial charge on any atom is 0.265 e. The van der Waals surface area contributed by atoms with Gasteiger partial charge in [0.25, 0.3) is 11.5 Å². The van der Waals surface area contributed by atoms with E-state index in [0.717, 1.165) is 5.56 Å². The number of rotatable bonds is 7. The predicted octanol–water partition coefficient (Wildman–Crippen LogP) is 3.47. The van der Waals surface area contributed by atoms with E-state index in [-0.39, 0.29) is 23.9 Å². The smallest absolute Gasteiger partial charge is 0.265 e. The first-order valence-corrected chi connectivity index (χ1v) is 11.2. The van der Waals surface area contributed by atoms with Gasteiger partial charge in [-0.1, -0.05) is 42.5 Å². The Labute approximate surface area is 197 Å². The van der Waals surface area contributed by atoms with Crippen molar-refractivity contribution in [1.29, 1.82) is 0 Å². The number of fused-ring (bicyclic) bond motifs is 1. The maximum atomic E-state index is 13.0. The van der Waals surface area contributed by atoms with Crippen molar-refractivity contribution in [3.63, 3.8) is 0 Å². The molecule has 172 valence electrons. The molecule has 4 aromatic rings. The van der Waals surface area contributed by atoms with Crippen molar-refractivity contribution in [1.82, 2.24) is 19.8 Å². The molecule has 0 saturated carbocycles. The minimum absolute atomic E-state index is 0.0889. The maximum absolute atomic E-state index is 13.0. The fraction of sp³-hybridized carbons (Fsp3) is 0.185. The van der Waals surface area contributed by atoms with E-state index >= 15 is 0 Å². The van der Waals surface area contributed by atoms with Gasteiger partial charge < -0.3 is 10.2 Å². The first-order chi connectivity index (χ1) is 16.5. The minimum atomic E-state index is -0.351. The van der Waals surface area contributed by atoms with E-state index in [2.05, 4.69) is 10.3 Å². The molecule has 7 heteroatoms. The van der Waals surface area contributed by atoms with Crippen LogP contribution in [0.4, 0.5) is 0 Å². The highest BCUT2D eigenvalue weighted by molar-refractivity contribution is 5.96. The Bertz CT molecular complexity index is 1380. The van der Waals surface area contributed by atoms with Crippen molar-refractivity contribution >= 4 is 22.7 Å². The van der Waals surface area contributed by atoms with Crippen LogP contribution >= 0.6 is 0 Å². The number of benzene rings is 3. The standard InChI is InChI=1S/C27H26N4O3/c1-3-30(18-20-9-5-4-6-10-20)25(32)17-28-26(33)21-13-15-22(16-14-21)31-19(2)29-24-12-8-7-11-23(24)27(31)34/h4-16H,3,17-18H2,1-2H3,(H,28,33). The highest BCUT2D eigenvalue weighted by Crippen LogP contribution is 2.13. The number of aryl methyl sites for hydroxylation is 1. The number of likely N-dealkylation sites (N-methyl/N-ethyl adjacent to an activating group) is 1. The lowest BCUT2D eigenvalue weighted by molar-refractivity contribution is -0.130. The summed E-state index contributed by atoms with van der Waals surface area (Å²) in [6.45, 7) is 4.64. The van der Waals surface area contributed by atoms with Gasteiger partial charge in [-0.3, -0.25) is 19.0 Å². The molecule has 0 atom stereocenters. The fourth-order valence-corrected chi connectivity index (χ4v) is 3.86. The van der Waals surface area contributed by atoms with Crippen LogP contribution in [0.1, 0.15) is 28.7 Å². The molecule has 34 heavy (non-hydrogen) atoms. The molecular weight excluding hydrogens is 428 g/mol. The summed E-state index contributed by atoms with van der Waals surface area (Å²) in [4.78, 5) is 44.4. The first kappa shape index (κ1) is 22.9. The third kappa shape index (κ3) is 4.88. The molecule has 0 aliphatic rings. The van der Waals surface area contributed by atoms with Gasteiger partial charge in [0.15, 0.2) is 0 Å². The zero-order chi connectivity index (χ0) is 24.1. The normalized spacial score (nSPS) is 10.8. The summed E-state index contributed by atoms with van der Waals surface area (Å²) in [5, 5.41) is 3.23. The highest BCUT2D eigenvalue weighted by Gasteiger charge is 2.15. The lowest BCUT2D eigenvalue weighted by Crippen LogP contribution is -2.39. The number of para-hydroxylation sites is 1. The average molecular weight is 455 g/mol. The van der Waals surface area contributed by atoms with Crippen LogP contribution in [-0.2, 0) is 11.3 Å². The van der Waals surface area contributed by atoms with E-state index < -0.39 is 0 Å². The van der Waals surface area contributed by atoms with E-state index in [1.807, 2.05) is 49.4 Å². The SMILES string of the molecule is CCN(Cc1ccccc1)C(=O)CNC(=O)c1ccc(-n2c(C)nc3ccccc3c2=O)cc1. The lowest BCUT2D eigenvalue weighted by Gasteiger charge is -2.21. The lowest BCUT2D eigenvalue weighted by atomic mass is 10.1. The summed E-state index contributed by atoms with van der Waals surface area (Å²) >= 11 is 0.